The summed E-state index contributed by atoms with van der Waals surface area (Å²) in [6.07, 6.45) is 0. The minimum Gasteiger partial charge on any atom is -0.0832 e. The molecule has 6 rings (SSSR count). The van der Waals surface area contributed by atoms with Gasteiger partial charge in [0.2, 0.25) is 0 Å². The van der Waals surface area contributed by atoms with Crippen LogP contribution in [-0.4, -0.2) is 0 Å². The van der Waals surface area contributed by atoms with Gasteiger partial charge in [-0.1, -0.05) is 194 Å². The van der Waals surface area contributed by atoms with E-state index in [4.69, 9.17) is 0 Å². The minimum absolute atomic E-state index is 0. The van der Waals surface area contributed by atoms with Crippen molar-refractivity contribution in [2.24, 2.45) is 10.8 Å². The zero-order valence-electron chi connectivity index (χ0n) is 30.5. The molecule has 0 amide bonds. The molecule has 0 aromatic heterocycles. The minimum atomic E-state index is -0.446. The number of rotatable bonds is 6. The molecule has 0 atom stereocenters. The molecule has 0 saturated heterocycles. The largest absolute Gasteiger partial charge is 0.0832 e. The summed E-state index contributed by atoms with van der Waals surface area (Å²) in [5, 5.41) is 8.39. The Balaban J connectivity index is 0.000000211. The quantitative estimate of drug-likeness (QED) is 0.0905. The molecule has 0 aliphatic heterocycles. The first-order chi connectivity index (χ1) is 24.1. The van der Waals surface area contributed by atoms with E-state index in [-0.39, 0.29) is 27.3 Å². The van der Waals surface area contributed by atoms with Crippen LogP contribution in [0.15, 0.2) is 182 Å². The van der Waals surface area contributed by atoms with Crippen molar-refractivity contribution in [1.82, 2.24) is 0 Å². The van der Waals surface area contributed by atoms with Gasteiger partial charge in [0, 0.05) is 27.3 Å². The first-order valence-electron chi connectivity index (χ1n) is 17.1. The van der Waals surface area contributed by atoms with E-state index in [0.717, 1.165) is 0 Å². The first-order valence-corrected chi connectivity index (χ1v) is 19.7. The van der Waals surface area contributed by atoms with E-state index >= 15 is 0 Å². The Kier molecular flexibility index (Phi) is 17.2. The van der Waals surface area contributed by atoms with Crippen molar-refractivity contribution >= 4 is 47.7 Å². The molecule has 51 heavy (non-hydrogen) atoms. The van der Waals surface area contributed by atoms with Crippen LogP contribution in [0.25, 0.3) is 0 Å². The molecule has 0 fully saturated rings. The third-order valence-electron chi connectivity index (χ3n) is 7.02. The molecular weight excluding hydrogens is 697 g/mol. The zero-order chi connectivity index (χ0) is 35.7. The van der Waals surface area contributed by atoms with Gasteiger partial charge in [-0.2, -0.15) is 0 Å². The first kappa shape index (κ1) is 41.2. The van der Waals surface area contributed by atoms with Crippen molar-refractivity contribution in [3.63, 3.8) is 0 Å². The maximum Gasteiger partial charge on any atom is 0.0240 e. The van der Waals surface area contributed by atoms with Gasteiger partial charge in [-0.25, -0.2) is 0 Å². The van der Waals surface area contributed by atoms with Crippen LogP contribution in [-0.2, 0) is 16.5 Å². The SMILES string of the molecule is CC(C)(C)C#CC#CC(C)(C)C.[Ni].c1ccc(P(c2ccccc2)c2ccccc2)cc1.c1ccc(P(c2ccccc2)c2ccccc2)cc1. The third kappa shape index (κ3) is 14.9. The van der Waals surface area contributed by atoms with Crippen LogP contribution in [0.4, 0.5) is 0 Å². The van der Waals surface area contributed by atoms with Crippen molar-refractivity contribution in [3.05, 3.63) is 182 Å². The van der Waals surface area contributed by atoms with Crippen molar-refractivity contribution in [2.75, 3.05) is 0 Å². The molecule has 0 spiro atoms. The van der Waals surface area contributed by atoms with E-state index in [1.165, 1.54) is 31.8 Å². The van der Waals surface area contributed by atoms with Gasteiger partial charge in [0.25, 0.3) is 0 Å². The van der Waals surface area contributed by atoms with Crippen molar-refractivity contribution < 1.29 is 16.5 Å². The summed E-state index contributed by atoms with van der Waals surface area (Å²) in [4.78, 5) is 0. The topological polar surface area (TPSA) is 0 Å². The Morgan fingerprint density at radius 2 is 0.451 bits per heavy atom. The van der Waals surface area contributed by atoms with Gasteiger partial charge >= 0.3 is 0 Å². The predicted molar refractivity (Wildman–Crippen MR) is 225 cm³/mol. The normalized spacial score (nSPS) is 10.4. The fourth-order valence-electron chi connectivity index (χ4n) is 4.79. The average molecular weight is 746 g/mol. The predicted octanol–water partition coefficient (Wildman–Crippen LogP) is 9.97. The molecule has 260 valence electrons. The zero-order valence-corrected chi connectivity index (χ0v) is 33.3. The monoisotopic (exact) mass is 744 g/mol. The maximum atomic E-state index is 3.07. The van der Waals surface area contributed by atoms with Crippen molar-refractivity contribution in [2.45, 2.75) is 41.5 Å². The number of benzene rings is 6. The Morgan fingerprint density at radius 1 is 0.294 bits per heavy atom. The summed E-state index contributed by atoms with van der Waals surface area (Å²) < 4.78 is 0. The van der Waals surface area contributed by atoms with Gasteiger partial charge in [-0.15, -0.1) is 0 Å². The van der Waals surface area contributed by atoms with Gasteiger partial charge in [-0.3, -0.25) is 0 Å². The maximum absolute atomic E-state index is 3.07. The Hall–Kier alpha value is -4.21. The molecular formula is C48H48NiP2. The summed E-state index contributed by atoms with van der Waals surface area (Å²) >= 11 is 0. The van der Waals surface area contributed by atoms with Gasteiger partial charge < -0.3 is 0 Å². The van der Waals surface area contributed by atoms with E-state index in [9.17, 15) is 0 Å². The van der Waals surface area contributed by atoms with Crippen LogP contribution >= 0.6 is 15.8 Å². The van der Waals surface area contributed by atoms with Crippen LogP contribution < -0.4 is 31.8 Å². The smallest absolute Gasteiger partial charge is 0.0240 e. The van der Waals surface area contributed by atoms with Crippen molar-refractivity contribution in [3.8, 4) is 23.7 Å². The molecule has 0 unspecified atom stereocenters. The van der Waals surface area contributed by atoms with E-state index in [1.807, 2.05) is 0 Å². The van der Waals surface area contributed by atoms with E-state index < -0.39 is 15.8 Å². The summed E-state index contributed by atoms with van der Waals surface area (Å²) in [7, 11) is -0.892. The van der Waals surface area contributed by atoms with Crippen LogP contribution in [0.2, 0.25) is 0 Å². The second-order valence-corrected chi connectivity index (χ2v) is 18.1. The summed E-state index contributed by atoms with van der Waals surface area (Å²) in [6.45, 7) is 12.5. The van der Waals surface area contributed by atoms with Gasteiger partial charge in [0.15, 0.2) is 0 Å². The van der Waals surface area contributed by atoms with Gasteiger partial charge in [0.1, 0.15) is 0 Å². The van der Waals surface area contributed by atoms with Crippen molar-refractivity contribution in [1.29, 1.82) is 0 Å². The van der Waals surface area contributed by atoms with E-state index in [2.05, 4.69) is 247 Å². The molecule has 0 N–H and O–H groups in total. The average Bonchev–Trinajstić information content (AvgIpc) is 3.13. The molecule has 6 aromatic rings. The van der Waals surface area contributed by atoms with Crippen LogP contribution in [0.3, 0.4) is 0 Å². The van der Waals surface area contributed by atoms with Crippen LogP contribution in [0.5, 0.6) is 0 Å². The van der Waals surface area contributed by atoms with Crippen LogP contribution in [0.1, 0.15) is 41.5 Å². The number of hydrogen-bond donors (Lipinski definition) is 0. The van der Waals surface area contributed by atoms with Gasteiger partial charge in [0.05, 0.1) is 0 Å². The van der Waals surface area contributed by atoms with Gasteiger partial charge in [-0.05, 0) is 101 Å². The number of hydrogen-bond acceptors (Lipinski definition) is 0. The Bertz CT molecular complexity index is 1610. The molecule has 3 heteroatoms. The molecule has 0 heterocycles. The summed E-state index contributed by atoms with van der Waals surface area (Å²) in [5.74, 6) is 11.9. The fraction of sp³-hybridized carbons (Fsp3) is 0.167. The van der Waals surface area contributed by atoms with Crippen LogP contribution in [0, 0.1) is 34.5 Å². The third-order valence-corrected chi connectivity index (χ3v) is 11.9. The molecule has 6 aromatic carbocycles. The Labute approximate surface area is 320 Å². The second-order valence-electron chi connectivity index (χ2n) is 13.7. The standard InChI is InChI=1S/2C18H15P.C12H18.Ni/c2*1-4-10-16(11-5-1)19(17-12-6-2-7-13-17)18-14-8-3-9-15-18;1-11(2,3)9-7-8-10-12(4,5)6;/h2*1-15H;1-6H3;. The molecule has 0 aliphatic carbocycles. The molecule has 0 saturated carbocycles. The fourth-order valence-corrected chi connectivity index (χ4v) is 9.40. The second kappa shape index (κ2) is 21.2. The van der Waals surface area contributed by atoms with E-state index in [0.29, 0.717) is 0 Å². The molecule has 0 nitrogen and oxygen atoms in total. The summed E-state index contributed by atoms with van der Waals surface area (Å²) in [6, 6.07) is 64.7. The molecule has 0 bridgehead atoms. The van der Waals surface area contributed by atoms with E-state index in [1.54, 1.807) is 0 Å². The molecule has 0 aliphatic rings. The Morgan fingerprint density at radius 3 is 0.588 bits per heavy atom. The molecule has 0 radical (unpaired) electrons. The summed E-state index contributed by atoms with van der Waals surface area (Å²) in [5.41, 5.74) is 0.124.